The zero-order valence-electron chi connectivity index (χ0n) is 16.3. The molecular weight excluding hydrogens is 381 g/mol. The number of nitrogens with zero attached hydrogens (tertiary/aromatic N) is 1. The first-order valence-corrected chi connectivity index (χ1v) is 11.2. The molecule has 0 fully saturated rings. The minimum Gasteiger partial charge on any atom is -0.428 e. The first-order chi connectivity index (χ1) is 14.0. The van der Waals surface area contributed by atoms with Gasteiger partial charge in [-0.3, -0.25) is 4.79 Å². The number of ether oxygens (including phenoxy) is 1. The summed E-state index contributed by atoms with van der Waals surface area (Å²) in [5.41, 5.74) is 7.34. The highest BCUT2D eigenvalue weighted by Crippen LogP contribution is 2.55. The van der Waals surface area contributed by atoms with Crippen LogP contribution in [-0.2, 0) is 9.53 Å². The van der Waals surface area contributed by atoms with Crippen molar-refractivity contribution in [1.29, 1.82) is 5.41 Å². The van der Waals surface area contributed by atoms with Crippen LogP contribution in [0.2, 0.25) is 0 Å². The van der Waals surface area contributed by atoms with Crippen LogP contribution in [0.15, 0.2) is 91.0 Å². The van der Waals surface area contributed by atoms with Crippen LogP contribution in [0.25, 0.3) is 5.73 Å². The Morgan fingerprint density at radius 3 is 1.59 bits per heavy atom. The van der Waals surface area contributed by atoms with Gasteiger partial charge in [0.1, 0.15) is 15.9 Å². The number of likely N-dealkylation sites (N-methyl/N-ethyl adjacent to an activating group) is 1. The lowest BCUT2D eigenvalue weighted by atomic mass is 10.4. The molecular formula is C23H24N3O2P. The molecule has 3 rings (SSSR count). The predicted molar refractivity (Wildman–Crippen MR) is 121 cm³/mol. The van der Waals surface area contributed by atoms with Crippen molar-refractivity contribution in [3.8, 4) is 0 Å². The van der Waals surface area contributed by atoms with Gasteiger partial charge in [0.25, 0.3) is 0 Å². The summed E-state index contributed by atoms with van der Waals surface area (Å²) in [4.78, 5) is 13.7. The van der Waals surface area contributed by atoms with Gasteiger partial charge in [0.05, 0.1) is 6.54 Å². The van der Waals surface area contributed by atoms with Crippen molar-refractivity contribution in [2.24, 2.45) is 0 Å². The molecule has 0 aromatic heterocycles. The van der Waals surface area contributed by atoms with Crippen LogP contribution < -0.4 is 15.9 Å². The van der Waals surface area contributed by atoms with E-state index < -0.39 is 19.2 Å². The van der Waals surface area contributed by atoms with E-state index in [-0.39, 0.29) is 12.9 Å². The van der Waals surface area contributed by atoms with Crippen molar-refractivity contribution in [2.75, 3.05) is 19.9 Å². The summed E-state index contributed by atoms with van der Waals surface area (Å²) < 4.78 is 5.78. The van der Waals surface area contributed by atoms with E-state index in [1.54, 1.807) is 0 Å². The second kappa shape index (κ2) is 9.35. The molecule has 0 atom stereocenters. The van der Waals surface area contributed by atoms with Crippen molar-refractivity contribution < 1.29 is 9.53 Å². The first-order valence-electron chi connectivity index (χ1n) is 9.26. The number of carbonyl (C=O) groups is 1. The Balaban J connectivity index is 2.05. The fourth-order valence-electron chi connectivity index (χ4n) is 3.21. The van der Waals surface area contributed by atoms with Crippen LogP contribution in [0, 0.1) is 5.41 Å². The smallest absolute Gasteiger partial charge is 0.314 e. The summed E-state index contributed by atoms with van der Waals surface area (Å²) in [7, 11) is -0.704. The molecule has 0 aliphatic heterocycles. The van der Waals surface area contributed by atoms with Crippen LogP contribution in [-0.4, -0.2) is 36.8 Å². The Morgan fingerprint density at radius 2 is 1.24 bits per heavy atom. The largest absolute Gasteiger partial charge is 0.428 e. The summed E-state index contributed by atoms with van der Waals surface area (Å²) in [6.07, 6.45) is 0.225. The number of hydrogen-bond acceptors (Lipinski definition) is 3. The van der Waals surface area contributed by atoms with E-state index in [1.807, 2.05) is 54.6 Å². The molecule has 6 heteroatoms. The van der Waals surface area contributed by atoms with E-state index >= 15 is 0 Å². The molecule has 0 amide bonds. The Bertz CT molecular complexity index is 853. The van der Waals surface area contributed by atoms with Crippen molar-refractivity contribution in [3.63, 3.8) is 0 Å². The molecule has 2 N–H and O–H groups in total. The van der Waals surface area contributed by atoms with Gasteiger partial charge in [-0.15, -0.1) is 0 Å². The average Bonchev–Trinajstić information content (AvgIpc) is 2.76. The topological polar surface area (TPSA) is 77.2 Å². The maximum Gasteiger partial charge on any atom is 0.314 e. The third-order valence-electron chi connectivity index (χ3n) is 4.76. The second-order valence-electron chi connectivity index (χ2n) is 6.67. The Kier molecular flexibility index (Phi) is 6.63. The van der Waals surface area contributed by atoms with Crippen molar-refractivity contribution in [2.45, 2.75) is 0 Å². The van der Waals surface area contributed by atoms with E-state index in [2.05, 4.69) is 36.4 Å². The molecule has 0 aliphatic carbocycles. The molecule has 0 heterocycles. The van der Waals surface area contributed by atoms with Crippen LogP contribution >= 0.6 is 7.26 Å². The highest BCUT2D eigenvalue weighted by Gasteiger charge is 2.46. The Hall–Kier alpha value is -3.17. The van der Waals surface area contributed by atoms with Gasteiger partial charge in [0.2, 0.25) is 6.35 Å². The van der Waals surface area contributed by atoms with Crippen molar-refractivity contribution in [1.82, 2.24) is 4.90 Å². The number of hydrogen-bond donors (Lipinski definition) is 1. The lowest BCUT2D eigenvalue weighted by molar-refractivity contribution is -0.141. The van der Waals surface area contributed by atoms with Gasteiger partial charge in [-0.05, 0) is 43.4 Å². The minimum absolute atomic E-state index is 0.124. The summed E-state index contributed by atoms with van der Waals surface area (Å²) in [5.74, 6) is -0.867. The standard InChI is InChI=1S/C23H24N3O2P/c1-26(23(24)25)17-22(27)28-18-29(19-11-5-2-6-12-19,20-13-7-3-8-14-20)21-15-9-4-10-16-21/h2-16H,17-18H2,1H3,(H2-,24,25). The molecule has 0 spiro atoms. The first kappa shape index (κ1) is 20.6. The zero-order valence-corrected chi connectivity index (χ0v) is 17.2. The number of guanidine groups is 1. The van der Waals surface area contributed by atoms with Gasteiger partial charge < -0.3 is 20.8 Å². The molecule has 29 heavy (non-hydrogen) atoms. The van der Waals surface area contributed by atoms with Crippen LogP contribution in [0.5, 0.6) is 0 Å². The highest BCUT2D eigenvalue weighted by atomic mass is 31.2. The monoisotopic (exact) mass is 405 g/mol. The maximum atomic E-state index is 12.5. The average molecular weight is 405 g/mol. The fraction of sp³-hybridized carbons (Fsp3) is 0.130. The number of rotatable bonds is 7. The normalized spacial score (nSPS) is 10.9. The SMILES string of the molecule is CN(CC(=O)OC[P+](c1ccccc1)(c1ccccc1)c1ccccc1)C(=N)[NH-]. The van der Waals surface area contributed by atoms with Gasteiger partial charge in [-0.25, -0.2) is 0 Å². The molecule has 3 aromatic carbocycles. The number of carbonyl (C=O) groups excluding carboxylic acids is 1. The van der Waals surface area contributed by atoms with Crippen LogP contribution in [0.4, 0.5) is 0 Å². The lowest BCUT2D eigenvalue weighted by Crippen LogP contribution is -2.36. The second-order valence-corrected chi connectivity index (χ2v) is 10.1. The molecule has 0 aliphatic rings. The van der Waals surface area contributed by atoms with E-state index in [1.165, 1.54) is 11.9 Å². The molecule has 3 aromatic rings. The summed E-state index contributed by atoms with van der Waals surface area (Å²) in [6.45, 7) is -0.124. The van der Waals surface area contributed by atoms with Crippen molar-refractivity contribution >= 4 is 35.1 Å². The van der Waals surface area contributed by atoms with E-state index in [0.717, 1.165) is 15.9 Å². The van der Waals surface area contributed by atoms with E-state index in [4.69, 9.17) is 15.9 Å². The lowest BCUT2D eigenvalue weighted by Gasteiger charge is -2.28. The zero-order chi connectivity index (χ0) is 20.7. The molecule has 148 valence electrons. The van der Waals surface area contributed by atoms with Crippen molar-refractivity contribution in [3.05, 3.63) is 96.7 Å². The van der Waals surface area contributed by atoms with Gasteiger partial charge >= 0.3 is 5.97 Å². The molecule has 5 nitrogen and oxygen atoms in total. The minimum atomic E-state index is -2.24. The van der Waals surface area contributed by atoms with Gasteiger partial charge in [0, 0.05) is 5.96 Å². The summed E-state index contributed by atoms with van der Waals surface area (Å²) in [6, 6.07) is 30.5. The number of esters is 1. The molecule has 0 saturated carbocycles. The maximum absolute atomic E-state index is 12.5. The van der Waals surface area contributed by atoms with E-state index in [9.17, 15) is 4.79 Å². The summed E-state index contributed by atoms with van der Waals surface area (Å²) in [5, 5.41) is 10.7. The molecule has 0 radical (unpaired) electrons. The quantitative estimate of drug-likeness (QED) is 0.283. The van der Waals surface area contributed by atoms with Gasteiger partial charge in [-0.1, -0.05) is 54.6 Å². The third kappa shape index (κ3) is 4.64. The highest BCUT2D eigenvalue weighted by molar-refractivity contribution is 7.95. The van der Waals surface area contributed by atoms with E-state index in [0.29, 0.717) is 0 Å². The number of benzene rings is 3. The molecule has 0 bridgehead atoms. The third-order valence-corrected chi connectivity index (χ3v) is 8.81. The molecule has 0 saturated heterocycles. The Morgan fingerprint density at radius 1 is 0.862 bits per heavy atom. The number of nitrogens with one attached hydrogen (secondary N) is 2. The fourth-order valence-corrected chi connectivity index (χ4v) is 6.93. The summed E-state index contributed by atoms with van der Waals surface area (Å²) >= 11 is 0. The van der Waals surface area contributed by atoms with Crippen LogP contribution in [0.1, 0.15) is 0 Å². The molecule has 0 unspecified atom stereocenters. The van der Waals surface area contributed by atoms with Gasteiger partial charge in [-0.2, -0.15) is 0 Å². The Labute approximate surface area is 172 Å². The van der Waals surface area contributed by atoms with Gasteiger partial charge in [0.15, 0.2) is 7.26 Å². The van der Waals surface area contributed by atoms with Crippen LogP contribution in [0.3, 0.4) is 0 Å². The predicted octanol–water partition coefficient (Wildman–Crippen LogP) is 3.40.